The molecule has 3 aliphatic rings. The van der Waals surface area contributed by atoms with E-state index in [9.17, 15) is 9.59 Å². The van der Waals surface area contributed by atoms with Crippen LogP contribution < -0.4 is 4.90 Å². The van der Waals surface area contributed by atoms with E-state index >= 15 is 0 Å². The van der Waals surface area contributed by atoms with Crippen molar-refractivity contribution in [2.24, 2.45) is 5.92 Å². The molecule has 15 heavy (non-hydrogen) atoms. The van der Waals surface area contributed by atoms with Gasteiger partial charge in [-0.3, -0.25) is 9.59 Å². The molecule has 3 heteroatoms. The van der Waals surface area contributed by atoms with Gasteiger partial charge in [0.25, 0.3) is 0 Å². The first-order valence-corrected chi connectivity index (χ1v) is 5.18. The minimum atomic E-state index is 0.225. The van der Waals surface area contributed by atoms with Gasteiger partial charge >= 0.3 is 0 Å². The smallest absolute Gasteiger partial charge is 0.230 e. The lowest BCUT2D eigenvalue weighted by Crippen LogP contribution is -2.29. The Balaban J connectivity index is 1.98. The summed E-state index contributed by atoms with van der Waals surface area (Å²) in [5, 5.41) is 0. The Morgan fingerprint density at radius 1 is 1.33 bits per heavy atom. The zero-order valence-corrected chi connectivity index (χ0v) is 8.22. The van der Waals surface area contributed by atoms with Gasteiger partial charge in [0.05, 0.1) is 0 Å². The molecule has 2 bridgehead atoms. The van der Waals surface area contributed by atoms with Gasteiger partial charge in [0.1, 0.15) is 6.29 Å². The van der Waals surface area contributed by atoms with Crippen LogP contribution in [0.15, 0.2) is 24.3 Å². The number of rotatable bonds is 2. The quantitative estimate of drug-likeness (QED) is 0.682. The fourth-order valence-corrected chi connectivity index (χ4v) is 2.46. The molecule has 0 spiro atoms. The fraction of sp³-hybridized carbons (Fsp3) is 0.333. The van der Waals surface area contributed by atoms with Crippen LogP contribution in [0.5, 0.6) is 0 Å². The van der Waals surface area contributed by atoms with Crippen molar-refractivity contribution in [2.45, 2.75) is 18.9 Å². The van der Waals surface area contributed by atoms with Crippen molar-refractivity contribution in [3.63, 3.8) is 0 Å². The lowest BCUT2D eigenvalue weighted by molar-refractivity contribution is -0.119. The molecule has 1 aliphatic carbocycles. The molecule has 0 N–H and O–H groups in total. The molecule has 3 nitrogen and oxygen atoms in total. The van der Waals surface area contributed by atoms with E-state index < -0.39 is 0 Å². The Morgan fingerprint density at radius 2 is 2.13 bits per heavy atom. The lowest BCUT2D eigenvalue weighted by Gasteiger charge is -2.25. The summed E-state index contributed by atoms with van der Waals surface area (Å²) in [6.07, 6.45) is 2.79. The van der Waals surface area contributed by atoms with E-state index in [2.05, 4.69) is 0 Å². The van der Waals surface area contributed by atoms with Crippen molar-refractivity contribution in [1.82, 2.24) is 0 Å². The summed E-state index contributed by atoms with van der Waals surface area (Å²) in [4.78, 5) is 24.3. The average Bonchev–Trinajstić information content (AvgIpc) is 2.69. The maximum atomic E-state index is 11.8. The highest BCUT2D eigenvalue weighted by molar-refractivity contribution is 6.01. The zero-order valence-electron chi connectivity index (χ0n) is 8.22. The molecular weight excluding hydrogens is 190 g/mol. The van der Waals surface area contributed by atoms with Gasteiger partial charge in [0.2, 0.25) is 5.91 Å². The number of aldehydes is 1. The third kappa shape index (κ3) is 1.12. The van der Waals surface area contributed by atoms with Crippen molar-refractivity contribution in [3.05, 3.63) is 29.8 Å². The molecule has 1 aromatic rings. The van der Waals surface area contributed by atoms with Gasteiger partial charge in [-0.2, -0.15) is 0 Å². The molecule has 0 unspecified atom stereocenters. The number of benzene rings is 1. The van der Waals surface area contributed by atoms with Gasteiger partial charge < -0.3 is 4.90 Å². The van der Waals surface area contributed by atoms with Crippen LogP contribution in [-0.2, 0) is 4.79 Å². The molecule has 2 saturated heterocycles. The first-order chi connectivity index (χ1) is 7.29. The summed E-state index contributed by atoms with van der Waals surface area (Å²) >= 11 is 0. The van der Waals surface area contributed by atoms with Crippen LogP contribution in [0.3, 0.4) is 0 Å². The largest absolute Gasteiger partial charge is 0.309 e. The Hall–Kier alpha value is -1.64. The summed E-state index contributed by atoms with van der Waals surface area (Å²) in [6.45, 7) is 0. The second kappa shape index (κ2) is 2.92. The number of amides is 1. The van der Waals surface area contributed by atoms with Crippen molar-refractivity contribution in [1.29, 1.82) is 0 Å². The monoisotopic (exact) mass is 201 g/mol. The van der Waals surface area contributed by atoms with E-state index in [1.54, 1.807) is 12.1 Å². The van der Waals surface area contributed by atoms with Crippen molar-refractivity contribution in [3.8, 4) is 0 Å². The fourth-order valence-electron chi connectivity index (χ4n) is 2.46. The summed E-state index contributed by atoms with van der Waals surface area (Å²) in [6, 6.07) is 7.63. The van der Waals surface area contributed by atoms with Crippen molar-refractivity contribution in [2.75, 3.05) is 4.90 Å². The standard InChI is InChI=1S/C12H11NO2/c14-7-8-2-1-3-10(4-8)13-11-5-9(6-11)12(13)15/h1-4,7,9,11H,5-6H2. The Labute approximate surface area is 87.7 Å². The van der Waals surface area contributed by atoms with E-state index in [1.807, 2.05) is 17.0 Å². The summed E-state index contributed by atoms with van der Waals surface area (Å²) in [5.41, 5.74) is 1.50. The van der Waals surface area contributed by atoms with Crippen LogP contribution in [0.1, 0.15) is 23.2 Å². The van der Waals surface area contributed by atoms with Gasteiger partial charge in [-0.05, 0) is 25.0 Å². The van der Waals surface area contributed by atoms with Gasteiger partial charge in [0, 0.05) is 23.2 Å². The van der Waals surface area contributed by atoms with Crippen LogP contribution in [0.25, 0.3) is 0 Å². The maximum Gasteiger partial charge on any atom is 0.230 e. The molecule has 4 rings (SSSR count). The minimum absolute atomic E-state index is 0.225. The number of fused-ring (bicyclic) bond motifs is 1. The molecule has 1 saturated carbocycles. The lowest BCUT2D eigenvalue weighted by atomic mass is 9.86. The number of nitrogens with zero attached hydrogens (tertiary/aromatic N) is 1. The molecule has 76 valence electrons. The molecule has 1 aromatic carbocycles. The topological polar surface area (TPSA) is 37.4 Å². The predicted octanol–water partition coefficient (Wildman–Crippen LogP) is 1.62. The number of carbonyl (C=O) groups is 2. The molecule has 2 aliphatic heterocycles. The summed E-state index contributed by atoms with van der Waals surface area (Å²) in [7, 11) is 0. The molecule has 3 fully saturated rings. The van der Waals surface area contributed by atoms with Crippen LogP contribution in [0.4, 0.5) is 5.69 Å². The Morgan fingerprint density at radius 3 is 2.73 bits per heavy atom. The van der Waals surface area contributed by atoms with Crippen LogP contribution in [0.2, 0.25) is 0 Å². The molecule has 0 atom stereocenters. The molecular formula is C12H11NO2. The van der Waals surface area contributed by atoms with Crippen LogP contribution >= 0.6 is 0 Å². The Bertz CT molecular complexity index is 435. The zero-order chi connectivity index (χ0) is 10.4. The van der Waals surface area contributed by atoms with Gasteiger partial charge in [-0.1, -0.05) is 12.1 Å². The third-order valence-corrected chi connectivity index (χ3v) is 3.35. The van der Waals surface area contributed by atoms with E-state index in [0.717, 1.165) is 24.8 Å². The van der Waals surface area contributed by atoms with Gasteiger partial charge in [0.15, 0.2) is 0 Å². The van der Waals surface area contributed by atoms with Crippen LogP contribution in [0, 0.1) is 5.92 Å². The minimum Gasteiger partial charge on any atom is -0.309 e. The first kappa shape index (κ1) is 8.65. The maximum absolute atomic E-state index is 11.8. The van der Waals surface area contributed by atoms with Crippen molar-refractivity contribution >= 4 is 17.9 Å². The highest BCUT2D eigenvalue weighted by Crippen LogP contribution is 2.44. The highest BCUT2D eigenvalue weighted by atomic mass is 16.2. The van der Waals surface area contributed by atoms with E-state index in [-0.39, 0.29) is 11.8 Å². The molecule has 2 heterocycles. The number of anilines is 1. The van der Waals surface area contributed by atoms with Gasteiger partial charge in [-0.25, -0.2) is 0 Å². The van der Waals surface area contributed by atoms with Crippen molar-refractivity contribution < 1.29 is 9.59 Å². The SMILES string of the molecule is O=Cc1cccc(N2C(=O)C3CC2C3)c1. The summed E-state index contributed by atoms with van der Waals surface area (Å²) in [5.74, 6) is 0.470. The van der Waals surface area contributed by atoms with E-state index in [0.29, 0.717) is 11.6 Å². The second-order valence-corrected chi connectivity index (χ2v) is 4.24. The predicted molar refractivity (Wildman–Crippen MR) is 55.8 cm³/mol. The molecule has 1 amide bonds. The Kier molecular flexibility index (Phi) is 1.69. The normalized spacial score (nSPS) is 27.7. The highest BCUT2D eigenvalue weighted by Gasteiger charge is 2.50. The first-order valence-electron chi connectivity index (χ1n) is 5.18. The summed E-state index contributed by atoms with van der Waals surface area (Å²) < 4.78 is 0. The van der Waals surface area contributed by atoms with E-state index in [4.69, 9.17) is 0 Å². The second-order valence-electron chi connectivity index (χ2n) is 4.24. The number of hydrogen-bond acceptors (Lipinski definition) is 2. The van der Waals surface area contributed by atoms with Crippen LogP contribution in [-0.4, -0.2) is 18.2 Å². The molecule has 0 aromatic heterocycles. The van der Waals surface area contributed by atoms with E-state index in [1.165, 1.54) is 0 Å². The van der Waals surface area contributed by atoms with Gasteiger partial charge in [-0.15, -0.1) is 0 Å². The average molecular weight is 201 g/mol. The molecule has 0 radical (unpaired) electrons. The number of hydrogen-bond donors (Lipinski definition) is 0. The third-order valence-electron chi connectivity index (χ3n) is 3.35. The number of carbonyl (C=O) groups excluding carboxylic acids is 2.